The third-order valence-electron chi connectivity index (χ3n) is 4.56. The molecule has 3 aromatic rings. The summed E-state index contributed by atoms with van der Waals surface area (Å²) >= 11 is 0. The molecule has 3 aromatic carbocycles. The van der Waals surface area contributed by atoms with Gasteiger partial charge < -0.3 is 14.6 Å². The SMILES string of the molecule is COc1ccc2cc(OCc3ccccc3)c(N(C(=O)O)C(C)(C)C)cc2c1F. The van der Waals surface area contributed by atoms with Gasteiger partial charge in [0.25, 0.3) is 0 Å². The predicted molar refractivity (Wildman–Crippen MR) is 111 cm³/mol. The van der Waals surface area contributed by atoms with Crippen LogP contribution >= 0.6 is 0 Å². The standard InChI is InChI=1S/C23H24FNO4/c1-23(2,3)25(22(26)27)18-13-17-16(10-11-19(28-4)21(17)24)12-20(18)29-14-15-8-6-5-7-9-15/h5-13H,14H2,1-4H3,(H,26,27). The van der Waals surface area contributed by atoms with E-state index in [-0.39, 0.29) is 23.4 Å². The van der Waals surface area contributed by atoms with Crippen LogP contribution < -0.4 is 14.4 Å². The number of hydrogen-bond donors (Lipinski definition) is 1. The van der Waals surface area contributed by atoms with Crippen molar-refractivity contribution in [2.75, 3.05) is 12.0 Å². The first-order valence-corrected chi connectivity index (χ1v) is 9.22. The molecule has 0 aliphatic rings. The van der Waals surface area contributed by atoms with E-state index in [0.717, 1.165) is 5.56 Å². The highest BCUT2D eigenvalue weighted by Gasteiger charge is 2.31. The second kappa shape index (κ2) is 7.99. The van der Waals surface area contributed by atoms with Crippen molar-refractivity contribution in [3.8, 4) is 11.5 Å². The fourth-order valence-corrected chi connectivity index (χ4v) is 3.22. The number of nitrogens with zero attached hydrogens (tertiary/aromatic N) is 1. The molecule has 0 heterocycles. The average molecular weight is 397 g/mol. The minimum Gasteiger partial charge on any atom is -0.494 e. The van der Waals surface area contributed by atoms with Crippen LogP contribution in [0.4, 0.5) is 14.9 Å². The lowest BCUT2D eigenvalue weighted by molar-refractivity contribution is 0.195. The second-order valence-corrected chi connectivity index (χ2v) is 7.69. The van der Waals surface area contributed by atoms with Crippen LogP contribution in [-0.4, -0.2) is 23.8 Å². The van der Waals surface area contributed by atoms with E-state index in [4.69, 9.17) is 9.47 Å². The Labute approximate surface area is 169 Å². The summed E-state index contributed by atoms with van der Waals surface area (Å²) in [6, 6.07) is 16.0. The maximum absolute atomic E-state index is 14.9. The highest BCUT2D eigenvalue weighted by atomic mass is 19.1. The van der Waals surface area contributed by atoms with Crippen molar-refractivity contribution in [1.82, 2.24) is 0 Å². The number of rotatable bonds is 5. The van der Waals surface area contributed by atoms with Crippen LogP contribution in [0.25, 0.3) is 10.8 Å². The molecule has 1 N–H and O–H groups in total. The van der Waals surface area contributed by atoms with Gasteiger partial charge in [0, 0.05) is 10.9 Å². The van der Waals surface area contributed by atoms with Crippen molar-refractivity contribution >= 4 is 22.6 Å². The lowest BCUT2D eigenvalue weighted by Crippen LogP contribution is -2.45. The van der Waals surface area contributed by atoms with Crippen molar-refractivity contribution in [3.05, 3.63) is 66.0 Å². The van der Waals surface area contributed by atoms with Crippen LogP contribution in [0.1, 0.15) is 26.3 Å². The molecule has 152 valence electrons. The van der Waals surface area contributed by atoms with Crippen LogP contribution in [0.5, 0.6) is 11.5 Å². The maximum atomic E-state index is 14.9. The van der Waals surface area contributed by atoms with Crippen molar-refractivity contribution < 1.29 is 23.8 Å². The summed E-state index contributed by atoms with van der Waals surface area (Å²) in [6.07, 6.45) is -1.15. The van der Waals surface area contributed by atoms with Gasteiger partial charge in [0.1, 0.15) is 12.4 Å². The van der Waals surface area contributed by atoms with Gasteiger partial charge in [-0.25, -0.2) is 9.18 Å². The molecule has 1 amide bonds. The second-order valence-electron chi connectivity index (χ2n) is 7.69. The largest absolute Gasteiger partial charge is 0.494 e. The summed E-state index contributed by atoms with van der Waals surface area (Å²) in [4.78, 5) is 13.3. The van der Waals surface area contributed by atoms with Gasteiger partial charge in [0.05, 0.1) is 12.8 Å². The summed E-state index contributed by atoms with van der Waals surface area (Å²) in [5, 5.41) is 10.7. The zero-order valence-corrected chi connectivity index (χ0v) is 16.9. The molecule has 0 bridgehead atoms. The summed E-state index contributed by atoms with van der Waals surface area (Å²) in [5.41, 5.74) is 0.456. The van der Waals surface area contributed by atoms with E-state index in [1.165, 1.54) is 24.1 Å². The van der Waals surface area contributed by atoms with E-state index in [2.05, 4.69) is 0 Å². The molecule has 0 aliphatic heterocycles. The number of halogens is 1. The quantitative estimate of drug-likeness (QED) is 0.587. The molecule has 0 aromatic heterocycles. The van der Waals surface area contributed by atoms with E-state index >= 15 is 0 Å². The number of anilines is 1. The van der Waals surface area contributed by atoms with Gasteiger partial charge in [-0.05, 0) is 49.9 Å². The van der Waals surface area contributed by atoms with Gasteiger partial charge in [-0.1, -0.05) is 36.4 Å². The Bertz CT molecular complexity index is 1030. The van der Waals surface area contributed by atoms with Crippen molar-refractivity contribution in [2.24, 2.45) is 0 Å². The van der Waals surface area contributed by atoms with E-state index in [9.17, 15) is 14.3 Å². The lowest BCUT2D eigenvalue weighted by Gasteiger charge is -2.34. The van der Waals surface area contributed by atoms with Gasteiger partial charge in [-0.15, -0.1) is 0 Å². The normalized spacial score (nSPS) is 11.3. The molecule has 29 heavy (non-hydrogen) atoms. The molecule has 3 rings (SSSR count). The van der Waals surface area contributed by atoms with Crippen molar-refractivity contribution in [1.29, 1.82) is 0 Å². The van der Waals surface area contributed by atoms with Crippen LogP contribution in [-0.2, 0) is 6.61 Å². The summed E-state index contributed by atoms with van der Waals surface area (Å²) in [6.45, 7) is 5.58. The number of ether oxygens (including phenoxy) is 2. The Morgan fingerprint density at radius 2 is 1.76 bits per heavy atom. The first-order valence-electron chi connectivity index (χ1n) is 9.22. The molecule has 0 unspecified atom stereocenters. The van der Waals surface area contributed by atoms with Gasteiger partial charge >= 0.3 is 6.09 Å². The molecule has 0 saturated heterocycles. The van der Waals surface area contributed by atoms with Crippen LogP contribution in [0.2, 0.25) is 0 Å². The topological polar surface area (TPSA) is 59.0 Å². The van der Waals surface area contributed by atoms with Crippen LogP contribution in [0, 0.1) is 5.82 Å². The molecule has 0 aliphatic carbocycles. The molecular formula is C23H24FNO4. The van der Waals surface area contributed by atoms with Gasteiger partial charge in [0.2, 0.25) is 0 Å². The molecular weight excluding hydrogens is 373 g/mol. The Hall–Kier alpha value is -3.28. The predicted octanol–water partition coefficient (Wildman–Crippen LogP) is 5.85. The number of hydrogen-bond acceptors (Lipinski definition) is 3. The minimum absolute atomic E-state index is 0.0963. The van der Waals surface area contributed by atoms with E-state index in [1.807, 2.05) is 30.3 Å². The Kier molecular flexibility index (Phi) is 5.64. The monoisotopic (exact) mass is 397 g/mol. The van der Waals surface area contributed by atoms with E-state index in [0.29, 0.717) is 11.1 Å². The smallest absolute Gasteiger partial charge is 0.412 e. The molecule has 0 spiro atoms. The summed E-state index contributed by atoms with van der Waals surface area (Å²) in [7, 11) is 1.39. The average Bonchev–Trinajstić information content (AvgIpc) is 2.66. The fraction of sp³-hybridized carbons (Fsp3) is 0.261. The number of fused-ring (bicyclic) bond motifs is 1. The van der Waals surface area contributed by atoms with E-state index < -0.39 is 17.4 Å². The summed E-state index contributed by atoms with van der Waals surface area (Å²) in [5.74, 6) is -0.0811. The number of amides is 1. The van der Waals surface area contributed by atoms with Gasteiger partial charge in [-0.3, -0.25) is 4.90 Å². The number of carbonyl (C=O) groups is 1. The van der Waals surface area contributed by atoms with Crippen molar-refractivity contribution in [2.45, 2.75) is 32.9 Å². The zero-order valence-electron chi connectivity index (χ0n) is 16.9. The molecule has 0 atom stereocenters. The Morgan fingerprint density at radius 1 is 1.07 bits per heavy atom. The zero-order chi connectivity index (χ0) is 21.2. The maximum Gasteiger partial charge on any atom is 0.412 e. The lowest BCUT2D eigenvalue weighted by atomic mass is 10.0. The van der Waals surface area contributed by atoms with Crippen molar-refractivity contribution in [3.63, 3.8) is 0 Å². The molecule has 5 nitrogen and oxygen atoms in total. The third-order valence-corrected chi connectivity index (χ3v) is 4.56. The van der Waals surface area contributed by atoms with Crippen LogP contribution in [0.15, 0.2) is 54.6 Å². The molecule has 6 heteroatoms. The fourth-order valence-electron chi connectivity index (χ4n) is 3.22. The Balaban J connectivity index is 2.17. The minimum atomic E-state index is -1.15. The third kappa shape index (κ3) is 4.26. The van der Waals surface area contributed by atoms with Crippen LogP contribution in [0.3, 0.4) is 0 Å². The summed E-state index contributed by atoms with van der Waals surface area (Å²) < 4.78 is 25.9. The first-order chi connectivity index (χ1) is 13.7. The number of methoxy groups -OCH3 is 1. The highest BCUT2D eigenvalue weighted by Crippen LogP contribution is 2.39. The van der Waals surface area contributed by atoms with E-state index in [1.54, 1.807) is 32.9 Å². The highest BCUT2D eigenvalue weighted by molar-refractivity contribution is 5.96. The number of carboxylic acid groups (broad SMARTS) is 1. The van der Waals surface area contributed by atoms with Gasteiger partial charge in [-0.2, -0.15) is 0 Å². The molecule has 0 fully saturated rings. The first kappa shape index (κ1) is 20.5. The molecule has 0 radical (unpaired) electrons. The Morgan fingerprint density at radius 3 is 2.34 bits per heavy atom. The molecule has 0 saturated carbocycles. The number of benzene rings is 3. The van der Waals surface area contributed by atoms with Gasteiger partial charge in [0.15, 0.2) is 11.6 Å².